The SMILES string of the molecule is Cc1cc(O)cc(C)c1/C=C/c1cncc(C(=O)N(C)C)c1. The first-order valence-electron chi connectivity index (χ1n) is 7.03. The molecule has 0 aliphatic carbocycles. The van der Waals surface area contributed by atoms with E-state index < -0.39 is 0 Å². The fraction of sp³-hybridized carbons (Fsp3) is 0.222. The third-order valence-electron chi connectivity index (χ3n) is 3.43. The molecule has 0 unspecified atom stereocenters. The number of benzene rings is 1. The van der Waals surface area contributed by atoms with E-state index in [1.54, 1.807) is 38.6 Å². The number of hydrogen-bond donors (Lipinski definition) is 1. The van der Waals surface area contributed by atoms with Crippen molar-refractivity contribution in [1.29, 1.82) is 0 Å². The Hall–Kier alpha value is -2.62. The van der Waals surface area contributed by atoms with E-state index in [-0.39, 0.29) is 11.7 Å². The molecule has 0 bridgehead atoms. The van der Waals surface area contributed by atoms with Crippen LogP contribution in [-0.4, -0.2) is 35.0 Å². The van der Waals surface area contributed by atoms with Crippen LogP contribution >= 0.6 is 0 Å². The molecule has 1 heterocycles. The molecule has 2 rings (SSSR count). The summed E-state index contributed by atoms with van der Waals surface area (Å²) in [6, 6.07) is 5.28. The summed E-state index contributed by atoms with van der Waals surface area (Å²) in [5.74, 6) is 0.201. The van der Waals surface area contributed by atoms with Crippen molar-refractivity contribution in [2.24, 2.45) is 0 Å². The van der Waals surface area contributed by atoms with Gasteiger partial charge in [-0.3, -0.25) is 9.78 Å². The van der Waals surface area contributed by atoms with Gasteiger partial charge in [-0.2, -0.15) is 0 Å². The number of aromatic nitrogens is 1. The maximum absolute atomic E-state index is 12.0. The molecular weight excluding hydrogens is 276 g/mol. The van der Waals surface area contributed by atoms with Gasteiger partial charge in [-0.15, -0.1) is 0 Å². The Bertz CT molecular complexity index is 711. The second-order valence-electron chi connectivity index (χ2n) is 5.53. The fourth-order valence-corrected chi connectivity index (χ4v) is 2.32. The maximum Gasteiger partial charge on any atom is 0.254 e. The Morgan fingerprint density at radius 2 is 1.73 bits per heavy atom. The van der Waals surface area contributed by atoms with Crippen LogP contribution in [0.4, 0.5) is 0 Å². The molecule has 0 spiro atoms. The number of carbonyl (C=O) groups excluding carboxylic acids is 1. The highest BCUT2D eigenvalue weighted by Gasteiger charge is 2.08. The van der Waals surface area contributed by atoms with Crippen molar-refractivity contribution < 1.29 is 9.90 Å². The second kappa shape index (κ2) is 6.43. The molecule has 1 N–H and O–H groups in total. The standard InChI is InChI=1S/C18H20N2O2/c1-12-7-16(21)8-13(2)17(12)6-5-14-9-15(11-19-10-14)18(22)20(3)4/h5-11,21H,1-4H3/b6-5+. The zero-order valence-corrected chi connectivity index (χ0v) is 13.3. The van der Waals surface area contributed by atoms with Crippen molar-refractivity contribution in [2.75, 3.05) is 14.1 Å². The number of hydrogen-bond acceptors (Lipinski definition) is 3. The van der Waals surface area contributed by atoms with Gasteiger partial charge < -0.3 is 10.0 Å². The lowest BCUT2D eigenvalue weighted by Gasteiger charge is -2.10. The van der Waals surface area contributed by atoms with Crippen LogP contribution in [0.3, 0.4) is 0 Å². The highest BCUT2D eigenvalue weighted by Crippen LogP contribution is 2.22. The number of aryl methyl sites for hydroxylation is 2. The van der Waals surface area contributed by atoms with E-state index in [9.17, 15) is 9.90 Å². The van der Waals surface area contributed by atoms with Crippen molar-refractivity contribution in [3.8, 4) is 5.75 Å². The van der Waals surface area contributed by atoms with Crippen molar-refractivity contribution in [2.45, 2.75) is 13.8 Å². The molecule has 2 aromatic rings. The topological polar surface area (TPSA) is 53.4 Å². The molecule has 114 valence electrons. The van der Waals surface area contributed by atoms with Crippen molar-refractivity contribution in [1.82, 2.24) is 9.88 Å². The maximum atomic E-state index is 12.0. The molecule has 0 saturated heterocycles. The van der Waals surface area contributed by atoms with Gasteiger partial charge in [-0.05, 0) is 54.3 Å². The molecule has 0 saturated carbocycles. The lowest BCUT2D eigenvalue weighted by Crippen LogP contribution is -2.21. The van der Waals surface area contributed by atoms with E-state index in [4.69, 9.17) is 0 Å². The first-order valence-corrected chi connectivity index (χ1v) is 7.03. The van der Waals surface area contributed by atoms with E-state index in [0.29, 0.717) is 5.56 Å². The Labute approximate surface area is 130 Å². The minimum absolute atomic E-state index is 0.0697. The summed E-state index contributed by atoms with van der Waals surface area (Å²) in [5.41, 5.74) is 4.48. The summed E-state index contributed by atoms with van der Waals surface area (Å²) >= 11 is 0. The van der Waals surface area contributed by atoms with Crippen LogP contribution in [0.25, 0.3) is 12.2 Å². The van der Waals surface area contributed by atoms with Crippen LogP contribution in [0, 0.1) is 13.8 Å². The van der Waals surface area contributed by atoms with Gasteiger partial charge in [0.1, 0.15) is 5.75 Å². The molecule has 22 heavy (non-hydrogen) atoms. The molecule has 0 atom stereocenters. The molecule has 1 aromatic heterocycles. The molecule has 1 amide bonds. The minimum Gasteiger partial charge on any atom is -0.508 e. The van der Waals surface area contributed by atoms with Gasteiger partial charge in [-0.25, -0.2) is 0 Å². The van der Waals surface area contributed by atoms with Gasteiger partial charge in [0.2, 0.25) is 0 Å². The van der Waals surface area contributed by atoms with Gasteiger partial charge in [0.25, 0.3) is 5.91 Å². The average Bonchev–Trinajstić information content (AvgIpc) is 2.45. The number of rotatable bonds is 3. The van der Waals surface area contributed by atoms with Crippen LogP contribution in [0.1, 0.15) is 32.6 Å². The first-order chi connectivity index (χ1) is 10.4. The summed E-state index contributed by atoms with van der Waals surface area (Å²) in [4.78, 5) is 17.6. The first kappa shape index (κ1) is 15.8. The number of amides is 1. The molecule has 0 aliphatic rings. The number of nitrogens with zero attached hydrogens (tertiary/aromatic N) is 2. The van der Waals surface area contributed by atoms with Crippen molar-refractivity contribution in [3.05, 3.63) is 58.4 Å². The van der Waals surface area contributed by atoms with E-state index >= 15 is 0 Å². The summed E-state index contributed by atoms with van der Waals surface area (Å²) in [6.07, 6.45) is 7.18. The molecule has 4 nitrogen and oxygen atoms in total. The van der Waals surface area contributed by atoms with Gasteiger partial charge in [0.05, 0.1) is 5.56 Å². The molecule has 0 fully saturated rings. The molecule has 4 heteroatoms. The zero-order valence-electron chi connectivity index (χ0n) is 13.3. The Kier molecular flexibility index (Phi) is 4.61. The number of pyridine rings is 1. The predicted octanol–water partition coefficient (Wildman–Crippen LogP) is 3.28. The van der Waals surface area contributed by atoms with Crippen LogP contribution < -0.4 is 0 Å². The van der Waals surface area contributed by atoms with Gasteiger partial charge in [0.15, 0.2) is 0 Å². The van der Waals surface area contributed by atoms with Crippen LogP contribution in [-0.2, 0) is 0 Å². The van der Waals surface area contributed by atoms with Crippen LogP contribution in [0.2, 0.25) is 0 Å². The minimum atomic E-state index is -0.0697. The van der Waals surface area contributed by atoms with Gasteiger partial charge in [-0.1, -0.05) is 12.2 Å². The molecule has 0 radical (unpaired) electrons. The van der Waals surface area contributed by atoms with Crippen molar-refractivity contribution >= 4 is 18.1 Å². The Balaban J connectivity index is 2.32. The van der Waals surface area contributed by atoms with Crippen molar-refractivity contribution in [3.63, 3.8) is 0 Å². The normalized spacial score (nSPS) is 10.9. The summed E-state index contributed by atoms with van der Waals surface area (Å²) in [6.45, 7) is 3.91. The lowest BCUT2D eigenvalue weighted by atomic mass is 10.0. The fourth-order valence-electron chi connectivity index (χ4n) is 2.32. The average molecular weight is 296 g/mol. The molecule has 0 aliphatic heterocycles. The number of phenolic OH excluding ortho intramolecular Hbond substituents is 1. The van der Waals surface area contributed by atoms with Crippen LogP contribution in [0.15, 0.2) is 30.6 Å². The number of carbonyl (C=O) groups is 1. The quantitative estimate of drug-likeness (QED) is 0.945. The third-order valence-corrected chi connectivity index (χ3v) is 3.43. The van der Waals surface area contributed by atoms with E-state index in [2.05, 4.69) is 4.98 Å². The smallest absolute Gasteiger partial charge is 0.254 e. The largest absolute Gasteiger partial charge is 0.508 e. The summed E-state index contributed by atoms with van der Waals surface area (Å²) in [7, 11) is 3.43. The highest BCUT2D eigenvalue weighted by molar-refractivity contribution is 5.94. The van der Waals surface area contributed by atoms with Crippen LogP contribution in [0.5, 0.6) is 5.75 Å². The van der Waals surface area contributed by atoms with E-state index in [0.717, 1.165) is 22.3 Å². The number of aromatic hydroxyl groups is 1. The molecular formula is C18H20N2O2. The monoisotopic (exact) mass is 296 g/mol. The summed E-state index contributed by atoms with van der Waals surface area (Å²) in [5, 5.41) is 9.58. The molecule has 1 aromatic carbocycles. The number of phenols is 1. The highest BCUT2D eigenvalue weighted by atomic mass is 16.3. The lowest BCUT2D eigenvalue weighted by molar-refractivity contribution is 0.0827. The zero-order chi connectivity index (χ0) is 16.3. The second-order valence-corrected chi connectivity index (χ2v) is 5.53. The van der Waals surface area contributed by atoms with E-state index in [1.165, 1.54) is 4.90 Å². The van der Waals surface area contributed by atoms with E-state index in [1.807, 2.05) is 32.1 Å². The third kappa shape index (κ3) is 3.52. The summed E-state index contributed by atoms with van der Waals surface area (Å²) < 4.78 is 0. The van der Waals surface area contributed by atoms with Gasteiger partial charge >= 0.3 is 0 Å². The predicted molar refractivity (Wildman–Crippen MR) is 88.8 cm³/mol. The Morgan fingerprint density at radius 1 is 1.09 bits per heavy atom. The van der Waals surface area contributed by atoms with Gasteiger partial charge in [0, 0.05) is 26.5 Å². The Morgan fingerprint density at radius 3 is 2.32 bits per heavy atom.